The number of nitrogens with one attached hydrogen (secondary N) is 2. The number of ether oxygens (including phenoxy) is 1. The number of aliphatic imine (C=N–C) groups is 1. The van der Waals surface area contributed by atoms with Gasteiger partial charge in [-0.1, -0.05) is 18.2 Å². The molecular weight excluding hydrogens is 364 g/mol. The molecule has 29 heavy (non-hydrogen) atoms. The van der Waals surface area contributed by atoms with Crippen LogP contribution in [0.3, 0.4) is 0 Å². The molecule has 0 spiro atoms. The van der Waals surface area contributed by atoms with Gasteiger partial charge in [0.25, 0.3) is 0 Å². The molecule has 0 bridgehead atoms. The third kappa shape index (κ3) is 7.18. The van der Waals surface area contributed by atoms with Gasteiger partial charge in [0.15, 0.2) is 5.96 Å². The minimum atomic E-state index is 0.155. The summed E-state index contributed by atoms with van der Waals surface area (Å²) >= 11 is 0. The predicted molar refractivity (Wildman–Crippen MR) is 120 cm³/mol. The van der Waals surface area contributed by atoms with E-state index in [1.54, 1.807) is 7.05 Å². The number of aryl methyl sites for hydroxylation is 2. The molecule has 1 unspecified atom stereocenters. The number of rotatable bonds is 10. The molecule has 1 aromatic heterocycles. The van der Waals surface area contributed by atoms with Crippen molar-refractivity contribution < 1.29 is 4.74 Å². The van der Waals surface area contributed by atoms with Crippen LogP contribution in [0.4, 0.5) is 0 Å². The summed E-state index contributed by atoms with van der Waals surface area (Å²) in [6, 6.07) is 10.4. The van der Waals surface area contributed by atoms with Crippen LogP contribution in [-0.2, 0) is 11.3 Å². The maximum atomic E-state index is 5.86. The lowest BCUT2D eigenvalue weighted by atomic mass is 10.1. The summed E-state index contributed by atoms with van der Waals surface area (Å²) in [5.41, 5.74) is 4.38. The van der Waals surface area contributed by atoms with E-state index in [-0.39, 0.29) is 6.10 Å². The highest BCUT2D eigenvalue weighted by molar-refractivity contribution is 5.79. The highest BCUT2D eigenvalue weighted by Gasteiger charge is 2.12. The minimum Gasteiger partial charge on any atom is -0.377 e. The average molecular weight is 401 g/mol. The number of para-hydroxylation sites is 1. The van der Waals surface area contributed by atoms with Gasteiger partial charge < -0.3 is 20.3 Å². The first kappa shape index (κ1) is 22.9. The SMILES string of the molecule is CCOC(CCN(C)C)CNC(=NC)NCc1ccccc1-n1nc(C)cc1C. The predicted octanol–water partition coefficient (Wildman–Crippen LogP) is 2.51. The smallest absolute Gasteiger partial charge is 0.191 e. The van der Waals surface area contributed by atoms with Crippen molar-refractivity contribution in [2.75, 3.05) is 40.8 Å². The number of aromatic nitrogens is 2. The van der Waals surface area contributed by atoms with Crippen molar-refractivity contribution in [2.24, 2.45) is 4.99 Å². The van der Waals surface area contributed by atoms with Crippen LogP contribution >= 0.6 is 0 Å². The van der Waals surface area contributed by atoms with E-state index in [0.29, 0.717) is 13.2 Å². The van der Waals surface area contributed by atoms with E-state index in [1.807, 2.05) is 24.6 Å². The maximum Gasteiger partial charge on any atom is 0.191 e. The molecule has 0 fully saturated rings. The maximum absolute atomic E-state index is 5.86. The fourth-order valence-corrected chi connectivity index (χ4v) is 3.23. The van der Waals surface area contributed by atoms with Gasteiger partial charge in [-0.15, -0.1) is 0 Å². The highest BCUT2D eigenvalue weighted by Crippen LogP contribution is 2.16. The van der Waals surface area contributed by atoms with Crippen LogP contribution in [0.5, 0.6) is 0 Å². The van der Waals surface area contributed by atoms with Crippen LogP contribution in [0.25, 0.3) is 5.69 Å². The summed E-state index contributed by atoms with van der Waals surface area (Å²) in [6.45, 7) is 9.21. The first-order valence-corrected chi connectivity index (χ1v) is 10.3. The summed E-state index contributed by atoms with van der Waals surface area (Å²) < 4.78 is 7.85. The van der Waals surface area contributed by atoms with Crippen molar-refractivity contribution in [3.63, 3.8) is 0 Å². The molecule has 0 radical (unpaired) electrons. The van der Waals surface area contributed by atoms with E-state index in [4.69, 9.17) is 4.74 Å². The van der Waals surface area contributed by atoms with Crippen LogP contribution in [0.15, 0.2) is 35.3 Å². The molecule has 2 N–H and O–H groups in total. The summed E-state index contributed by atoms with van der Waals surface area (Å²) in [4.78, 5) is 6.54. The van der Waals surface area contributed by atoms with Gasteiger partial charge in [0.2, 0.25) is 0 Å². The normalized spacial score (nSPS) is 13.0. The number of hydrogen-bond donors (Lipinski definition) is 2. The van der Waals surface area contributed by atoms with Gasteiger partial charge in [-0.25, -0.2) is 4.68 Å². The summed E-state index contributed by atoms with van der Waals surface area (Å²) in [7, 11) is 5.95. The van der Waals surface area contributed by atoms with Crippen LogP contribution in [-0.4, -0.2) is 67.6 Å². The minimum absolute atomic E-state index is 0.155. The molecule has 0 aliphatic carbocycles. The number of hydrogen-bond acceptors (Lipinski definition) is 4. The Morgan fingerprint density at radius 2 is 2.00 bits per heavy atom. The van der Waals surface area contributed by atoms with E-state index in [1.165, 1.54) is 0 Å². The third-order valence-corrected chi connectivity index (χ3v) is 4.70. The van der Waals surface area contributed by atoms with Crippen molar-refractivity contribution >= 4 is 5.96 Å². The summed E-state index contributed by atoms with van der Waals surface area (Å²) in [6.07, 6.45) is 1.13. The van der Waals surface area contributed by atoms with E-state index in [0.717, 1.165) is 48.1 Å². The van der Waals surface area contributed by atoms with Crippen molar-refractivity contribution in [3.05, 3.63) is 47.3 Å². The molecule has 0 saturated carbocycles. The fraction of sp³-hybridized carbons (Fsp3) is 0.545. The average Bonchev–Trinajstić information content (AvgIpc) is 3.04. The van der Waals surface area contributed by atoms with Gasteiger partial charge in [0.1, 0.15) is 0 Å². The second kappa shape index (κ2) is 11.6. The molecular formula is C22H36N6O. The van der Waals surface area contributed by atoms with E-state index in [2.05, 4.69) is 70.9 Å². The van der Waals surface area contributed by atoms with Crippen LogP contribution in [0, 0.1) is 13.8 Å². The van der Waals surface area contributed by atoms with Gasteiger partial charge in [-0.2, -0.15) is 5.10 Å². The first-order valence-electron chi connectivity index (χ1n) is 10.3. The fourth-order valence-electron chi connectivity index (χ4n) is 3.23. The van der Waals surface area contributed by atoms with Gasteiger partial charge in [0, 0.05) is 39.0 Å². The Labute approximate surface area is 175 Å². The molecule has 0 saturated heterocycles. The summed E-state index contributed by atoms with van der Waals surface area (Å²) in [5, 5.41) is 11.4. The molecule has 2 rings (SSSR count). The van der Waals surface area contributed by atoms with Crippen LogP contribution in [0.2, 0.25) is 0 Å². The van der Waals surface area contributed by atoms with E-state index in [9.17, 15) is 0 Å². The van der Waals surface area contributed by atoms with Crippen molar-refractivity contribution in [2.45, 2.75) is 39.8 Å². The van der Waals surface area contributed by atoms with Gasteiger partial charge in [-0.05, 0) is 59.0 Å². The Morgan fingerprint density at radius 3 is 2.62 bits per heavy atom. The Balaban J connectivity index is 1.98. The molecule has 2 aromatic rings. The second-order valence-electron chi connectivity index (χ2n) is 7.44. The topological polar surface area (TPSA) is 66.7 Å². The standard InChI is InChI=1S/C22H36N6O/c1-7-29-20(12-13-27(5)6)16-25-22(23-4)24-15-19-10-8-9-11-21(19)28-18(3)14-17(2)26-28/h8-11,14,20H,7,12-13,15-16H2,1-6H3,(H2,23,24,25). The lowest BCUT2D eigenvalue weighted by molar-refractivity contribution is 0.0548. The lowest BCUT2D eigenvalue weighted by Crippen LogP contribution is -2.42. The van der Waals surface area contributed by atoms with Crippen molar-refractivity contribution in [1.82, 2.24) is 25.3 Å². The zero-order valence-electron chi connectivity index (χ0n) is 18.7. The number of guanidine groups is 1. The zero-order chi connectivity index (χ0) is 21.2. The molecule has 1 aromatic carbocycles. The molecule has 160 valence electrons. The second-order valence-corrected chi connectivity index (χ2v) is 7.44. The monoisotopic (exact) mass is 400 g/mol. The zero-order valence-corrected chi connectivity index (χ0v) is 18.7. The summed E-state index contributed by atoms with van der Waals surface area (Å²) in [5.74, 6) is 0.766. The van der Waals surface area contributed by atoms with E-state index >= 15 is 0 Å². The molecule has 1 heterocycles. The Morgan fingerprint density at radius 1 is 1.24 bits per heavy atom. The van der Waals surface area contributed by atoms with Gasteiger partial charge in [-0.3, -0.25) is 4.99 Å². The van der Waals surface area contributed by atoms with Crippen molar-refractivity contribution in [3.8, 4) is 5.69 Å². The molecule has 0 aliphatic heterocycles. The molecule has 0 aliphatic rings. The highest BCUT2D eigenvalue weighted by atomic mass is 16.5. The van der Waals surface area contributed by atoms with E-state index < -0.39 is 0 Å². The molecule has 0 amide bonds. The van der Waals surface area contributed by atoms with Gasteiger partial charge >= 0.3 is 0 Å². The van der Waals surface area contributed by atoms with Gasteiger partial charge in [0.05, 0.1) is 17.5 Å². The van der Waals surface area contributed by atoms with Crippen LogP contribution < -0.4 is 10.6 Å². The lowest BCUT2D eigenvalue weighted by Gasteiger charge is -2.21. The third-order valence-electron chi connectivity index (χ3n) is 4.70. The quantitative estimate of drug-likeness (QED) is 0.474. The molecule has 1 atom stereocenters. The molecule has 7 nitrogen and oxygen atoms in total. The number of nitrogens with zero attached hydrogens (tertiary/aromatic N) is 4. The van der Waals surface area contributed by atoms with Crippen molar-refractivity contribution in [1.29, 1.82) is 0 Å². The Hall–Kier alpha value is -2.38. The largest absolute Gasteiger partial charge is 0.377 e. The first-order chi connectivity index (χ1) is 13.9. The Kier molecular flexibility index (Phi) is 9.15. The Bertz CT molecular complexity index is 783. The molecule has 7 heteroatoms. The van der Waals surface area contributed by atoms with Crippen LogP contribution in [0.1, 0.15) is 30.3 Å². The number of benzene rings is 1.